The zero-order valence-electron chi connectivity index (χ0n) is 12.7. The molecule has 1 aliphatic rings. The predicted molar refractivity (Wildman–Crippen MR) is 84.6 cm³/mol. The summed E-state index contributed by atoms with van der Waals surface area (Å²) in [7, 11) is 0. The molecule has 2 aromatic heterocycles. The third kappa shape index (κ3) is 3.98. The Labute approximate surface area is 143 Å². The number of nitrogens with zero attached hydrogens (tertiary/aromatic N) is 3. The first-order valence-corrected chi connectivity index (χ1v) is 7.76. The van der Waals surface area contributed by atoms with Crippen molar-refractivity contribution >= 4 is 17.5 Å². The van der Waals surface area contributed by atoms with Gasteiger partial charge >= 0.3 is 0 Å². The Balaban J connectivity index is 1.60. The summed E-state index contributed by atoms with van der Waals surface area (Å²) in [5, 5.41) is 0.473. The molecule has 1 atom stereocenters. The molecule has 3 heterocycles. The molecule has 0 bridgehead atoms. The maximum atomic E-state index is 13.7. The SMILES string of the molecule is O=C(c1cccnc1F)N1CCOC(COc2cncc(Cl)c2)C1. The topological polar surface area (TPSA) is 64.6 Å². The van der Waals surface area contributed by atoms with Crippen molar-refractivity contribution in [3.8, 4) is 5.75 Å². The molecule has 1 unspecified atom stereocenters. The van der Waals surface area contributed by atoms with E-state index in [1.54, 1.807) is 12.3 Å². The van der Waals surface area contributed by atoms with E-state index in [0.29, 0.717) is 30.5 Å². The second-order valence-corrected chi connectivity index (χ2v) is 5.67. The molecule has 1 aliphatic heterocycles. The summed E-state index contributed by atoms with van der Waals surface area (Å²) >= 11 is 5.85. The Bertz CT molecular complexity index is 731. The van der Waals surface area contributed by atoms with Crippen molar-refractivity contribution in [1.82, 2.24) is 14.9 Å². The lowest BCUT2D eigenvalue weighted by molar-refractivity contribution is -0.0402. The molecule has 8 heteroatoms. The van der Waals surface area contributed by atoms with Gasteiger partial charge in [-0.15, -0.1) is 0 Å². The molecule has 1 amide bonds. The largest absolute Gasteiger partial charge is 0.489 e. The Morgan fingerprint density at radius 1 is 1.50 bits per heavy atom. The first-order valence-electron chi connectivity index (χ1n) is 7.38. The van der Waals surface area contributed by atoms with Gasteiger partial charge in [0.25, 0.3) is 5.91 Å². The maximum absolute atomic E-state index is 13.7. The number of morpholine rings is 1. The highest BCUT2D eigenvalue weighted by atomic mass is 35.5. The molecule has 1 saturated heterocycles. The molecule has 0 N–H and O–H groups in total. The molecule has 3 rings (SSSR count). The number of hydrogen-bond acceptors (Lipinski definition) is 5. The van der Waals surface area contributed by atoms with E-state index in [9.17, 15) is 9.18 Å². The number of hydrogen-bond donors (Lipinski definition) is 0. The van der Waals surface area contributed by atoms with Crippen LogP contribution < -0.4 is 4.74 Å². The van der Waals surface area contributed by atoms with Crippen LogP contribution in [0.15, 0.2) is 36.8 Å². The molecular formula is C16H15ClFN3O3. The maximum Gasteiger partial charge on any atom is 0.258 e. The van der Waals surface area contributed by atoms with Gasteiger partial charge in [-0.1, -0.05) is 11.6 Å². The second kappa shape index (κ2) is 7.55. The molecule has 0 aliphatic carbocycles. The van der Waals surface area contributed by atoms with Gasteiger partial charge < -0.3 is 14.4 Å². The summed E-state index contributed by atoms with van der Waals surface area (Å²) < 4.78 is 24.8. The summed E-state index contributed by atoms with van der Waals surface area (Å²) in [6.45, 7) is 1.29. The molecular weight excluding hydrogens is 337 g/mol. The minimum Gasteiger partial charge on any atom is -0.489 e. The van der Waals surface area contributed by atoms with Gasteiger partial charge in [0.2, 0.25) is 5.95 Å². The van der Waals surface area contributed by atoms with Crippen LogP contribution in [0, 0.1) is 5.95 Å². The average Bonchev–Trinajstić information content (AvgIpc) is 2.60. The van der Waals surface area contributed by atoms with Gasteiger partial charge in [-0.25, -0.2) is 4.98 Å². The van der Waals surface area contributed by atoms with Crippen molar-refractivity contribution in [3.63, 3.8) is 0 Å². The van der Waals surface area contributed by atoms with Crippen molar-refractivity contribution in [1.29, 1.82) is 0 Å². The summed E-state index contributed by atoms with van der Waals surface area (Å²) in [4.78, 5) is 21.4. The number of carbonyl (C=O) groups is 1. The van der Waals surface area contributed by atoms with E-state index >= 15 is 0 Å². The second-order valence-electron chi connectivity index (χ2n) is 5.24. The third-order valence-corrected chi connectivity index (χ3v) is 3.74. The van der Waals surface area contributed by atoms with Gasteiger partial charge in [0, 0.05) is 25.0 Å². The highest BCUT2D eigenvalue weighted by molar-refractivity contribution is 6.30. The molecule has 2 aromatic rings. The number of pyridine rings is 2. The van der Waals surface area contributed by atoms with Crippen LogP contribution in [-0.2, 0) is 4.74 Å². The van der Waals surface area contributed by atoms with Gasteiger partial charge in [-0.05, 0) is 12.1 Å². The lowest BCUT2D eigenvalue weighted by atomic mass is 10.2. The van der Waals surface area contributed by atoms with Crippen molar-refractivity contribution in [2.45, 2.75) is 6.10 Å². The normalized spacial score (nSPS) is 17.6. The zero-order chi connectivity index (χ0) is 16.9. The number of carbonyl (C=O) groups excluding carboxylic acids is 1. The van der Waals surface area contributed by atoms with Crippen LogP contribution in [-0.4, -0.2) is 53.2 Å². The molecule has 0 aromatic carbocycles. The van der Waals surface area contributed by atoms with E-state index in [1.165, 1.54) is 29.4 Å². The molecule has 126 valence electrons. The van der Waals surface area contributed by atoms with Crippen LogP contribution in [0.25, 0.3) is 0 Å². The molecule has 6 nitrogen and oxygen atoms in total. The van der Waals surface area contributed by atoms with Gasteiger partial charge in [-0.2, -0.15) is 4.39 Å². The summed E-state index contributed by atoms with van der Waals surface area (Å²) in [5.74, 6) is -0.655. The predicted octanol–water partition coefficient (Wildman–Crippen LogP) is 2.19. The Kier molecular flexibility index (Phi) is 5.22. The molecule has 1 fully saturated rings. The Morgan fingerprint density at radius 3 is 3.17 bits per heavy atom. The van der Waals surface area contributed by atoms with Crippen LogP contribution in [0.3, 0.4) is 0 Å². The molecule has 0 saturated carbocycles. The highest BCUT2D eigenvalue weighted by Crippen LogP contribution is 2.17. The average molecular weight is 352 g/mol. The van der Waals surface area contributed by atoms with Crippen molar-refractivity contribution in [2.24, 2.45) is 0 Å². The van der Waals surface area contributed by atoms with Crippen molar-refractivity contribution < 1.29 is 18.7 Å². The lowest BCUT2D eigenvalue weighted by Gasteiger charge is -2.32. The highest BCUT2D eigenvalue weighted by Gasteiger charge is 2.27. The first kappa shape index (κ1) is 16.6. The van der Waals surface area contributed by atoms with E-state index in [0.717, 1.165) is 0 Å². The van der Waals surface area contributed by atoms with Gasteiger partial charge in [0.15, 0.2) is 0 Å². The smallest absolute Gasteiger partial charge is 0.258 e. The van der Waals surface area contributed by atoms with Gasteiger partial charge in [0.05, 0.1) is 29.9 Å². The number of aromatic nitrogens is 2. The Hall–Kier alpha value is -2.25. The summed E-state index contributed by atoms with van der Waals surface area (Å²) in [6, 6.07) is 4.60. The van der Waals surface area contributed by atoms with E-state index in [2.05, 4.69) is 9.97 Å². The van der Waals surface area contributed by atoms with Gasteiger partial charge in [0.1, 0.15) is 18.5 Å². The molecule has 0 spiro atoms. The molecule has 24 heavy (non-hydrogen) atoms. The Morgan fingerprint density at radius 2 is 2.38 bits per heavy atom. The molecule has 0 radical (unpaired) electrons. The van der Waals surface area contributed by atoms with Crippen molar-refractivity contribution in [2.75, 3.05) is 26.3 Å². The first-order chi connectivity index (χ1) is 11.6. The minimum atomic E-state index is -0.771. The van der Waals surface area contributed by atoms with Gasteiger partial charge in [-0.3, -0.25) is 9.78 Å². The van der Waals surface area contributed by atoms with E-state index in [1.807, 2.05) is 0 Å². The number of rotatable bonds is 4. The zero-order valence-corrected chi connectivity index (χ0v) is 13.4. The fourth-order valence-electron chi connectivity index (χ4n) is 2.38. The fraction of sp³-hybridized carbons (Fsp3) is 0.312. The number of ether oxygens (including phenoxy) is 2. The van der Waals surface area contributed by atoms with Crippen LogP contribution in [0.5, 0.6) is 5.75 Å². The van der Waals surface area contributed by atoms with Crippen molar-refractivity contribution in [3.05, 3.63) is 53.3 Å². The van der Waals surface area contributed by atoms with Crippen LogP contribution in [0.4, 0.5) is 4.39 Å². The van der Waals surface area contributed by atoms with Crippen LogP contribution in [0.1, 0.15) is 10.4 Å². The summed E-state index contributed by atoms with van der Waals surface area (Å²) in [6.07, 6.45) is 4.04. The third-order valence-electron chi connectivity index (χ3n) is 3.53. The van der Waals surface area contributed by atoms with Crippen LogP contribution in [0.2, 0.25) is 5.02 Å². The number of amides is 1. The lowest BCUT2D eigenvalue weighted by Crippen LogP contribution is -2.47. The quantitative estimate of drug-likeness (QED) is 0.790. The van der Waals surface area contributed by atoms with Crippen LogP contribution >= 0.6 is 11.6 Å². The van der Waals surface area contributed by atoms with E-state index < -0.39 is 11.9 Å². The van der Waals surface area contributed by atoms with E-state index in [4.69, 9.17) is 21.1 Å². The van der Waals surface area contributed by atoms with E-state index in [-0.39, 0.29) is 18.3 Å². The standard InChI is InChI=1S/C16H15ClFN3O3/c17-11-6-12(8-19-7-11)24-10-13-9-21(4-5-23-13)16(22)14-2-1-3-20-15(14)18/h1-3,6-8,13H,4-5,9-10H2. The number of halogens is 2. The minimum absolute atomic E-state index is 0.0434. The monoisotopic (exact) mass is 351 g/mol. The summed E-state index contributed by atoms with van der Waals surface area (Å²) in [5.41, 5.74) is -0.0434. The fourth-order valence-corrected chi connectivity index (χ4v) is 2.54.